The number of methoxy groups -OCH3 is 2. The van der Waals surface area contributed by atoms with Crippen molar-refractivity contribution in [2.75, 3.05) is 20.0 Å². The number of nitrogens with zero attached hydrogens (tertiary/aromatic N) is 4. The minimum atomic E-state index is -0.532. The van der Waals surface area contributed by atoms with Gasteiger partial charge in [0.25, 0.3) is 5.91 Å². The Balaban J connectivity index is 1.33. The predicted molar refractivity (Wildman–Crippen MR) is 144 cm³/mol. The molecule has 0 aliphatic heterocycles. The molecule has 0 saturated carbocycles. The number of aromatic nitrogens is 3. The first-order valence-corrected chi connectivity index (χ1v) is 12.4. The van der Waals surface area contributed by atoms with Crippen LogP contribution in [0.1, 0.15) is 21.7 Å². The van der Waals surface area contributed by atoms with Crippen molar-refractivity contribution in [3.05, 3.63) is 89.7 Å². The minimum absolute atomic E-state index is 0.103. The van der Waals surface area contributed by atoms with Gasteiger partial charge in [0.1, 0.15) is 11.6 Å². The monoisotopic (exact) mass is 531 g/mol. The number of esters is 1. The number of thioether (sulfide) groups is 1. The average Bonchev–Trinajstić information content (AvgIpc) is 3.33. The van der Waals surface area contributed by atoms with E-state index in [0.717, 1.165) is 11.5 Å². The fourth-order valence-corrected chi connectivity index (χ4v) is 4.18. The zero-order valence-electron chi connectivity index (χ0n) is 21.0. The van der Waals surface area contributed by atoms with E-state index in [0.29, 0.717) is 27.8 Å². The van der Waals surface area contributed by atoms with E-state index in [1.165, 1.54) is 25.1 Å². The van der Waals surface area contributed by atoms with Crippen LogP contribution in [-0.2, 0) is 4.79 Å². The number of carbonyl (C=O) groups excluding carboxylic acids is 2. The smallest absolute Gasteiger partial charge is 0.343 e. The van der Waals surface area contributed by atoms with E-state index in [2.05, 4.69) is 20.7 Å². The number of hydrogen-bond acceptors (Lipinski definition) is 9. The highest BCUT2D eigenvalue weighted by Gasteiger charge is 2.14. The van der Waals surface area contributed by atoms with Gasteiger partial charge >= 0.3 is 5.97 Å². The fraction of sp³-hybridized carbons (Fsp3) is 0.148. The Bertz CT molecular complexity index is 1440. The highest BCUT2D eigenvalue weighted by atomic mass is 32.2. The number of aryl methyl sites for hydroxylation is 1. The summed E-state index contributed by atoms with van der Waals surface area (Å²) < 4.78 is 17.8. The van der Waals surface area contributed by atoms with Crippen LogP contribution in [0.25, 0.3) is 5.69 Å². The third-order valence-corrected chi connectivity index (χ3v) is 6.19. The van der Waals surface area contributed by atoms with Crippen LogP contribution in [0, 0.1) is 6.92 Å². The van der Waals surface area contributed by atoms with Gasteiger partial charge < -0.3 is 14.2 Å². The summed E-state index contributed by atoms with van der Waals surface area (Å²) in [5, 5.41) is 12.9. The molecule has 1 heterocycles. The second-order valence-electron chi connectivity index (χ2n) is 7.81. The number of hydrogen-bond donors (Lipinski definition) is 1. The van der Waals surface area contributed by atoms with E-state index >= 15 is 0 Å². The van der Waals surface area contributed by atoms with Crippen LogP contribution >= 0.6 is 11.8 Å². The highest BCUT2D eigenvalue weighted by Crippen LogP contribution is 2.28. The molecule has 0 bridgehead atoms. The van der Waals surface area contributed by atoms with Gasteiger partial charge in [0.2, 0.25) is 0 Å². The second-order valence-corrected chi connectivity index (χ2v) is 8.75. The molecule has 1 N–H and O–H groups in total. The highest BCUT2D eigenvalue weighted by molar-refractivity contribution is 7.99. The van der Waals surface area contributed by atoms with E-state index in [-0.39, 0.29) is 17.4 Å². The third-order valence-electron chi connectivity index (χ3n) is 5.26. The van der Waals surface area contributed by atoms with Crippen molar-refractivity contribution in [1.29, 1.82) is 0 Å². The Labute approximate surface area is 223 Å². The van der Waals surface area contributed by atoms with Gasteiger partial charge in [-0.2, -0.15) is 5.10 Å². The lowest BCUT2D eigenvalue weighted by Crippen LogP contribution is -2.20. The number of benzene rings is 3. The first-order valence-electron chi connectivity index (χ1n) is 11.4. The Hall–Kier alpha value is -4.64. The normalized spacial score (nSPS) is 10.8. The summed E-state index contributed by atoms with van der Waals surface area (Å²) in [7, 11) is 3.02. The largest absolute Gasteiger partial charge is 0.497 e. The fourth-order valence-electron chi connectivity index (χ4n) is 3.39. The van der Waals surface area contributed by atoms with Crippen LogP contribution in [-0.4, -0.2) is 52.8 Å². The predicted octanol–water partition coefficient (Wildman–Crippen LogP) is 4.05. The molecule has 38 heavy (non-hydrogen) atoms. The number of para-hydroxylation sites is 1. The molecular weight excluding hydrogens is 506 g/mol. The average molecular weight is 532 g/mol. The van der Waals surface area contributed by atoms with Crippen LogP contribution in [0.15, 0.2) is 83.1 Å². The van der Waals surface area contributed by atoms with Crippen LogP contribution in [0.2, 0.25) is 0 Å². The second kappa shape index (κ2) is 12.5. The van der Waals surface area contributed by atoms with E-state index in [1.54, 1.807) is 49.6 Å². The van der Waals surface area contributed by atoms with Gasteiger partial charge in [0.15, 0.2) is 16.7 Å². The molecule has 0 aliphatic rings. The van der Waals surface area contributed by atoms with Gasteiger partial charge in [-0.3, -0.25) is 9.36 Å². The molecule has 3 aromatic carbocycles. The van der Waals surface area contributed by atoms with E-state index in [1.807, 2.05) is 41.8 Å². The van der Waals surface area contributed by atoms with Crippen molar-refractivity contribution in [2.24, 2.45) is 5.10 Å². The molecule has 0 aliphatic carbocycles. The molecule has 10 nitrogen and oxygen atoms in total. The first-order chi connectivity index (χ1) is 18.5. The molecule has 0 fully saturated rings. The molecule has 0 radical (unpaired) electrons. The molecule has 0 saturated heterocycles. The summed E-state index contributed by atoms with van der Waals surface area (Å²) in [6, 6.07) is 21.2. The van der Waals surface area contributed by atoms with Gasteiger partial charge in [0.05, 0.1) is 31.8 Å². The molecule has 194 valence electrons. The first kappa shape index (κ1) is 26.4. The molecule has 1 aromatic heterocycles. The maximum Gasteiger partial charge on any atom is 0.343 e. The lowest BCUT2D eigenvalue weighted by atomic mass is 10.2. The summed E-state index contributed by atoms with van der Waals surface area (Å²) in [5.41, 5.74) is 4.43. The van der Waals surface area contributed by atoms with Crippen LogP contribution in [0.5, 0.6) is 17.2 Å². The van der Waals surface area contributed by atoms with Gasteiger partial charge in [-0.25, -0.2) is 10.2 Å². The number of amides is 1. The Morgan fingerprint density at radius 1 is 0.974 bits per heavy atom. The maximum absolute atomic E-state index is 12.5. The molecule has 11 heteroatoms. The van der Waals surface area contributed by atoms with Crippen molar-refractivity contribution in [3.8, 4) is 22.9 Å². The summed E-state index contributed by atoms with van der Waals surface area (Å²) in [5.74, 6) is 1.23. The van der Waals surface area contributed by atoms with Gasteiger partial charge in [-0.1, -0.05) is 30.0 Å². The summed E-state index contributed by atoms with van der Waals surface area (Å²) >= 11 is 1.26. The quantitative estimate of drug-likeness (QED) is 0.107. The van der Waals surface area contributed by atoms with Crippen molar-refractivity contribution in [3.63, 3.8) is 0 Å². The van der Waals surface area contributed by atoms with E-state index < -0.39 is 5.97 Å². The SMILES string of the molecule is COc1ccc(C(=O)Oc2ccc(C=NNC(=O)CSc3nnc(C)n3-c3ccccc3)cc2OC)cc1. The molecule has 0 unspecified atom stereocenters. The van der Waals surface area contributed by atoms with Gasteiger partial charge in [-0.15, -0.1) is 10.2 Å². The van der Waals surface area contributed by atoms with Crippen molar-refractivity contribution >= 4 is 29.9 Å². The van der Waals surface area contributed by atoms with Gasteiger partial charge in [-0.05, 0) is 67.1 Å². The Morgan fingerprint density at radius 3 is 2.45 bits per heavy atom. The molecule has 0 spiro atoms. The Kier molecular flexibility index (Phi) is 8.73. The van der Waals surface area contributed by atoms with Crippen LogP contribution in [0.4, 0.5) is 0 Å². The van der Waals surface area contributed by atoms with E-state index in [9.17, 15) is 9.59 Å². The molecule has 1 amide bonds. The van der Waals surface area contributed by atoms with E-state index in [4.69, 9.17) is 14.2 Å². The number of carbonyl (C=O) groups is 2. The van der Waals surface area contributed by atoms with Crippen molar-refractivity contribution in [2.45, 2.75) is 12.1 Å². The number of nitrogens with one attached hydrogen (secondary N) is 1. The number of rotatable bonds is 10. The summed E-state index contributed by atoms with van der Waals surface area (Å²) in [6.07, 6.45) is 1.47. The third kappa shape index (κ3) is 6.56. The molecule has 4 aromatic rings. The summed E-state index contributed by atoms with van der Waals surface area (Å²) in [4.78, 5) is 24.8. The number of hydrazone groups is 1. The van der Waals surface area contributed by atoms with Crippen molar-refractivity contribution in [1.82, 2.24) is 20.2 Å². The zero-order chi connectivity index (χ0) is 26.9. The lowest BCUT2D eigenvalue weighted by molar-refractivity contribution is -0.118. The molecule has 4 rings (SSSR count). The molecular formula is C27H25N5O5S. The topological polar surface area (TPSA) is 117 Å². The minimum Gasteiger partial charge on any atom is -0.497 e. The molecule has 0 atom stereocenters. The van der Waals surface area contributed by atoms with Gasteiger partial charge in [0, 0.05) is 5.69 Å². The summed E-state index contributed by atoms with van der Waals surface area (Å²) in [6.45, 7) is 1.86. The van der Waals surface area contributed by atoms with Crippen LogP contribution in [0.3, 0.4) is 0 Å². The maximum atomic E-state index is 12.5. The standard InChI is InChI=1S/C27H25N5O5S/c1-18-29-31-27(32(18)21-7-5-4-6-8-21)38-17-25(33)30-28-16-19-9-14-23(24(15-19)36-3)37-26(34)20-10-12-22(35-2)13-11-20/h4-16H,17H2,1-3H3,(H,30,33). The van der Waals surface area contributed by atoms with Crippen LogP contribution < -0.4 is 19.6 Å². The lowest BCUT2D eigenvalue weighted by Gasteiger charge is -2.10. The van der Waals surface area contributed by atoms with Crippen molar-refractivity contribution < 1.29 is 23.8 Å². The Morgan fingerprint density at radius 2 is 1.74 bits per heavy atom. The zero-order valence-corrected chi connectivity index (χ0v) is 21.8. The number of ether oxygens (including phenoxy) is 3.